The molecule has 0 unspecified atom stereocenters. The van der Waals surface area contributed by atoms with Gasteiger partial charge in [-0.05, 0) is 56.3 Å². The molecule has 0 aliphatic carbocycles. The van der Waals surface area contributed by atoms with E-state index in [2.05, 4.69) is 20.3 Å². The number of aromatic nitrogens is 3. The highest BCUT2D eigenvalue weighted by atomic mass is 16.7. The predicted octanol–water partition coefficient (Wildman–Crippen LogP) is 2.71. The van der Waals surface area contributed by atoms with Crippen LogP contribution < -0.4 is 14.8 Å². The topological polar surface area (TPSA) is 101 Å². The van der Waals surface area contributed by atoms with Crippen molar-refractivity contribution in [2.45, 2.75) is 18.3 Å². The van der Waals surface area contributed by atoms with Gasteiger partial charge in [0.05, 0.1) is 17.0 Å². The molecule has 1 amide bonds. The van der Waals surface area contributed by atoms with Crippen LogP contribution in [0.25, 0.3) is 22.8 Å². The molecule has 30 heavy (non-hydrogen) atoms. The number of H-pyrrole nitrogens is 1. The molecule has 1 aromatic carbocycles. The van der Waals surface area contributed by atoms with Gasteiger partial charge in [-0.25, -0.2) is 15.0 Å². The Balaban J connectivity index is 1.40. The SMILES string of the molecule is O=C1N=CC2(CCNCC2)c2[nH]c(-c3ccnc(-c4ccc5c(c4)OCO5)n3)cc21. The molecule has 2 N–H and O–H groups in total. The fourth-order valence-electron chi connectivity index (χ4n) is 4.41. The summed E-state index contributed by atoms with van der Waals surface area (Å²) in [6.07, 6.45) is 5.36. The third-order valence-electron chi connectivity index (χ3n) is 6.03. The molecular formula is C22H19N5O3. The van der Waals surface area contributed by atoms with E-state index in [1.165, 1.54) is 0 Å². The first kappa shape index (κ1) is 17.3. The highest BCUT2D eigenvalue weighted by molar-refractivity contribution is 6.06. The van der Waals surface area contributed by atoms with Gasteiger partial charge in [0.25, 0.3) is 5.91 Å². The third-order valence-corrected chi connectivity index (χ3v) is 6.03. The molecule has 0 saturated carbocycles. The van der Waals surface area contributed by atoms with E-state index in [9.17, 15) is 4.79 Å². The summed E-state index contributed by atoms with van der Waals surface area (Å²) in [7, 11) is 0. The minimum atomic E-state index is -0.222. The molecule has 1 saturated heterocycles. The first-order chi connectivity index (χ1) is 14.7. The summed E-state index contributed by atoms with van der Waals surface area (Å²) < 4.78 is 10.8. The Morgan fingerprint density at radius 1 is 1.03 bits per heavy atom. The van der Waals surface area contributed by atoms with E-state index in [0.717, 1.165) is 54.3 Å². The van der Waals surface area contributed by atoms with Gasteiger partial charge in [0.15, 0.2) is 17.3 Å². The van der Waals surface area contributed by atoms with Gasteiger partial charge in [-0.1, -0.05) is 0 Å². The van der Waals surface area contributed by atoms with Crippen molar-refractivity contribution in [1.82, 2.24) is 20.3 Å². The number of hydrogen-bond donors (Lipinski definition) is 2. The zero-order valence-corrected chi connectivity index (χ0v) is 16.1. The number of carbonyl (C=O) groups is 1. The predicted molar refractivity (Wildman–Crippen MR) is 110 cm³/mol. The first-order valence-electron chi connectivity index (χ1n) is 9.99. The third kappa shape index (κ3) is 2.64. The van der Waals surface area contributed by atoms with Crippen LogP contribution in [0.2, 0.25) is 0 Å². The number of aromatic amines is 1. The average Bonchev–Trinajstić information content (AvgIpc) is 3.45. The molecule has 3 aromatic rings. The van der Waals surface area contributed by atoms with E-state index in [1.54, 1.807) is 6.20 Å². The lowest BCUT2D eigenvalue weighted by Crippen LogP contribution is -2.43. The van der Waals surface area contributed by atoms with Crippen LogP contribution in [0.1, 0.15) is 28.9 Å². The van der Waals surface area contributed by atoms with Crippen molar-refractivity contribution >= 4 is 12.1 Å². The van der Waals surface area contributed by atoms with Crippen LogP contribution in [0.5, 0.6) is 11.5 Å². The standard InChI is InChI=1S/C22H19N5O3/c28-21-14-10-16(26-19(14)22(11-25-21)4-7-23-8-5-22)15-3-6-24-20(27-15)13-1-2-17-18(9-13)30-12-29-17/h1-3,6,9-11,23,26H,4-5,7-8,12H2. The van der Waals surface area contributed by atoms with Crippen LogP contribution in [0.3, 0.4) is 0 Å². The van der Waals surface area contributed by atoms with Crippen molar-refractivity contribution in [1.29, 1.82) is 0 Å². The molecule has 8 heteroatoms. The number of fused-ring (bicyclic) bond motifs is 3. The van der Waals surface area contributed by atoms with Crippen molar-refractivity contribution in [3.8, 4) is 34.3 Å². The number of nitrogens with zero attached hydrogens (tertiary/aromatic N) is 3. The molecule has 3 aliphatic rings. The van der Waals surface area contributed by atoms with Crippen LogP contribution in [-0.4, -0.2) is 47.0 Å². The second kappa shape index (κ2) is 6.50. The summed E-state index contributed by atoms with van der Waals surface area (Å²) in [5.74, 6) is 1.78. The number of nitrogens with one attached hydrogen (secondary N) is 2. The van der Waals surface area contributed by atoms with Crippen LogP contribution in [0.15, 0.2) is 41.5 Å². The molecule has 1 spiro atoms. The summed E-state index contributed by atoms with van der Waals surface area (Å²) in [5.41, 5.74) is 3.72. The van der Waals surface area contributed by atoms with Gasteiger partial charge in [0.1, 0.15) is 0 Å². The highest BCUT2D eigenvalue weighted by Crippen LogP contribution is 2.39. The Labute approximate surface area is 172 Å². The zero-order valence-electron chi connectivity index (χ0n) is 16.1. The van der Waals surface area contributed by atoms with E-state index in [-0.39, 0.29) is 18.1 Å². The zero-order chi connectivity index (χ0) is 20.1. The highest BCUT2D eigenvalue weighted by Gasteiger charge is 2.40. The largest absolute Gasteiger partial charge is 0.454 e. The smallest absolute Gasteiger partial charge is 0.278 e. The van der Waals surface area contributed by atoms with Crippen molar-refractivity contribution in [2.75, 3.05) is 19.9 Å². The molecule has 6 rings (SSSR count). The Morgan fingerprint density at radius 3 is 2.80 bits per heavy atom. The average molecular weight is 401 g/mol. The van der Waals surface area contributed by atoms with Gasteiger partial charge in [-0.15, -0.1) is 0 Å². The molecule has 150 valence electrons. The van der Waals surface area contributed by atoms with E-state index in [1.807, 2.05) is 36.5 Å². The van der Waals surface area contributed by atoms with Crippen LogP contribution >= 0.6 is 0 Å². The maximum Gasteiger partial charge on any atom is 0.278 e. The maximum absolute atomic E-state index is 12.5. The molecule has 0 radical (unpaired) electrons. The first-order valence-corrected chi connectivity index (χ1v) is 9.99. The Kier molecular flexibility index (Phi) is 3.76. The van der Waals surface area contributed by atoms with E-state index in [0.29, 0.717) is 17.1 Å². The quantitative estimate of drug-likeness (QED) is 0.685. The lowest BCUT2D eigenvalue weighted by atomic mass is 9.74. The van der Waals surface area contributed by atoms with Crippen molar-refractivity contribution in [3.05, 3.63) is 47.8 Å². The van der Waals surface area contributed by atoms with Crippen LogP contribution in [-0.2, 0) is 5.41 Å². The van der Waals surface area contributed by atoms with Crippen molar-refractivity contribution in [3.63, 3.8) is 0 Å². The van der Waals surface area contributed by atoms with Gasteiger partial charge < -0.3 is 19.8 Å². The van der Waals surface area contributed by atoms with E-state index in [4.69, 9.17) is 14.5 Å². The number of ether oxygens (including phenoxy) is 2. The van der Waals surface area contributed by atoms with E-state index < -0.39 is 0 Å². The number of amides is 1. The number of hydrogen-bond acceptors (Lipinski definition) is 6. The normalized spacial score (nSPS) is 18.6. The Bertz CT molecular complexity index is 1190. The summed E-state index contributed by atoms with van der Waals surface area (Å²) in [6.45, 7) is 2.02. The Hall–Kier alpha value is -3.52. The van der Waals surface area contributed by atoms with Crippen LogP contribution in [0.4, 0.5) is 0 Å². The molecule has 0 bridgehead atoms. The summed E-state index contributed by atoms with van der Waals surface area (Å²) >= 11 is 0. The lowest BCUT2D eigenvalue weighted by molar-refractivity contribution is 0.0996. The lowest BCUT2D eigenvalue weighted by Gasteiger charge is -2.35. The minimum Gasteiger partial charge on any atom is -0.454 e. The molecule has 0 atom stereocenters. The maximum atomic E-state index is 12.5. The molecule has 2 aromatic heterocycles. The molecule has 8 nitrogen and oxygen atoms in total. The summed E-state index contributed by atoms with van der Waals surface area (Å²) in [6, 6.07) is 9.35. The van der Waals surface area contributed by atoms with Gasteiger partial charge in [-0.2, -0.15) is 0 Å². The fourth-order valence-corrected chi connectivity index (χ4v) is 4.41. The van der Waals surface area contributed by atoms with Gasteiger partial charge >= 0.3 is 0 Å². The summed E-state index contributed by atoms with van der Waals surface area (Å²) in [5, 5.41) is 3.38. The molecule has 5 heterocycles. The minimum absolute atomic E-state index is 0.207. The molecule has 1 fully saturated rings. The fraction of sp³-hybridized carbons (Fsp3) is 0.273. The van der Waals surface area contributed by atoms with Crippen LogP contribution in [0, 0.1) is 0 Å². The molecular weight excluding hydrogens is 382 g/mol. The van der Waals surface area contributed by atoms with Gasteiger partial charge in [0.2, 0.25) is 6.79 Å². The van der Waals surface area contributed by atoms with Gasteiger partial charge in [-0.3, -0.25) is 4.79 Å². The molecule has 3 aliphatic heterocycles. The Morgan fingerprint density at radius 2 is 1.90 bits per heavy atom. The summed E-state index contributed by atoms with van der Waals surface area (Å²) in [4.78, 5) is 29.3. The number of piperidine rings is 1. The monoisotopic (exact) mass is 401 g/mol. The second-order valence-electron chi connectivity index (χ2n) is 7.77. The number of aliphatic imine (C=N–C) groups is 1. The van der Waals surface area contributed by atoms with Crippen molar-refractivity contribution < 1.29 is 14.3 Å². The van der Waals surface area contributed by atoms with Gasteiger partial charge in [0, 0.05) is 29.1 Å². The second-order valence-corrected chi connectivity index (χ2v) is 7.77. The van der Waals surface area contributed by atoms with Crippen molar-refractivity contribution in [2.24, 2.45) is 4.99 Å². The number of rotatable bonds is 2. The van der Waals surface area contributed by atoms with E-state index >= 15 is 0 Å². The number of carbonyl (C=O) groups excluding carboxylic acids is 1. The number of benzene rings is 1.